The predicted molar refractivity (Wildman–Crippen MR) is 80.9 cm³/mol. The average molecular weight is 296 g/mol. The Labute approximate surface area is 124 Å². The van der Waals surface area contributed by atoms with Gasteiger partial charge in [-0.2, -0.15) is 5.10 Å². The van der Waals surface area contributed by atoms with E-state index in [9.17, 15) is 15.0 Å². The number of rotatable bonds is 3. The molecule has 3 rings (SSSR count). The third-order valence-electron chi connectivity index (χ3n) is 3.07. The van der Waals surface area contributed by atoms with E-state index in [0.29, 0.717) is 11.1 Å². The summed E-state index contributed by atoms with van der Waals surface area (Å²) in [5, 5.41) is 22.6. The Hall–Kier alpha value is -3.35. The maximum absolute atomic E-state index is 12.0. The first-order valence-corrected chi connectivity index (χ1v) is 6.42. The minimum absolute atomic E-state index is 0.0495. The summed E-state index contributed by atoms with van der Waals surface area (Å²) in [6.07, 6.45) is 2.85. The second kappa shape index (κ2) is 5.57. The fraction of sp³-hybridized carbons (Fsp3) is 0. The minimum atomic E-state index is -0.383. The largest absolute Gasteiger partial charge is 0.508 e. The van der Waals surface area contributed by atoms with E-state index in [1.165, 1.54) is 24.4 Å². The first-order chi connectivity index (χ1) is 10.6. The fourth-order valence-electron chi connectivity index (χ4n) is 1.94. The van der Waals surface area contributed by atoms with Crippen LogP contribution < -0.4 is 5.43 Å². The van der Waals surface area contributed by atoms with Crippen molar-refractivity contribution >= 4 is 23.2 Å². The molecule has 22 heavy (non-hydrogen) atoms. The summed E-state index contributed by atoms with van der Waals surface area (Å²) >= 11 is 0. The van der Waals surface area contributed by atoms with E-state index in [1.807, 2.05) is 0 Å². The number of aromatic amines is 1. The number of hydrogen-bond acceptors (Lipinski definition) is 5. The molecule has 4 N–H and O–H groups in total. The second-order valence-electron chi connectivity index (χ2n) is 4.58. The summed E-state index contributed by atoms with van der Waals surface area (Å²) < 4.78 is 0. The number of phenolic OH excluding ortho intramolecular Hbond substituents is 2. The zero-order valence-corrected chi connectivity index (χ0v) is 11.3. The van der Waals surface area contributed by atoms with Crippen LogP contribution in [0, 0.1) is 0 Å². The molecule has 0 aliphatic carbocycles. The summed E-state index contributed by atoms with van der Waals surface area (Å²) in [7, 11) is 0. The minimum Gasteiger partial charge on any atom is -0.508 e. The van der Waals surface area contributed by atoms with Crippen LogP contribution in [0.15, 0.2) is 47.8 Å². The van der Waals surface area contributed by atoms with Gasteiger partial charge < -0.3 is 15.2 Å². The third kappa shape index (κ3) is 2.73. The molecule has 1 aromatic heterocycles. The number of phenols is 2. The van der Waals surface area contributed by atoms with E-state index in [1.54, 1.807) is 24.5 Å². The van der Waals surface area contributed by atoms with E-state index in [0.717, 1.165) is 11.0 Å². The van der Waals surface area contributed by atoms with Crippen LogP contribution in [0.2, 0.25) is 0 Å². The van der Waals surface area contributed by atoms with Crippen LogP contribution in [0.5, 0.6) is 11.5 Å². The number of aromatic hydroxyl groups is 2. The molecule has 7 nitrogen and oxygen atoms in total. The van der Waals surface area contributed by atoms with Crippen molar-refractivity contribution < 1.29 is 15.0 Å². The lowest BCUT2D eigenvalue weighted by molar-refractivity contribution is 0.0955. The van der Waals surface area contributed by atoms with Crippen molar-refractivity contribution in [3.05, 3.63) is 53.9 Å². The van der Waals surface area contributed by atoms with E-state index in [-0.39, 0.29) is 17.4 Å². The quantitative estimate of drug-likeness (QED) is 0.436. The Morgan fingerprint density at radius 3 is 2.91 bits per heavy atom. The molecule has 7 heteroatoms. The normalized spacial score (nSPS) is 11.1. The molecule has 3 aromatic rings. The van der Waals surface area contributed by atoms with Crippen LogP contribution in [0.4, 0.5) is 0 Å². The highest BCUT2D eigenvalue weighted by Gasteiger charge is 2.06. The molecule has 0 saturated heterocycles. The van der Waals surface area contributed by atoms with Gasteiger partial charge in [0.1, 0.15) is 11.5 Å². The molecular formula is C15H12N4O3. The van der Waals surface area contributed by atoms with E-state index < -0.39 is 0 Å². The maximum atomic E-state index is 12.0. The molecule has 0 aliphatic rings. The van der Waals surface area contributed by atoms with Crippen LogP contribution in [-0.2, 0) is 0 Å². The number of carbonyl (C=O) groups excluding carboxylic acids is 1. The number of nitrogens with zero attached hydrogens (tertiary/aromatic N) is 2. The van der Waals surface area contributed by atoms with Gasteiger partial charge in [0.25, 0.3) is 5.91 Å². The Bertz CT molecular complexity index is 870. The van der Waals surface area contributed by atoms with Gasteiger partial charge in [0.05, 0.1) is 23.6 Å². The van der Waals surface area contributed by atoms with Crippen molar-refractivity contribution in [3.8, 4) is 11.5 Å². The van der Waals surface area contributed by atoms with Crippen molar-refractivity contribution in [2.75, 3.05) is 0 Å². The van der Waals surface area contributed by atoms with Gasteiger partial charge in [-0.25, -0.2) is 10.4 Å². The van der Waals surface area contributed by atoms with Crippen molar-refractivity contribution in [2.24, 2.45) is 5.10 Å². The molecule has 2 aromatic carbocycles. The van der Waals surface area contributed by atoms with Crippen LogP contribution >= 0.6 is 0 Å². The van der Waals surface area contributed by atoms with Gasteiger partial charge in [-0.05, 0) is 30.3 Å². The highest BCUT2D eigenvalue weighted by atomic mass is 16.3. The summed E-state index contributed by atoms with van der Waals surface area (Å²) in [4.78, 5) is 19.0. The summed E-state index contributed by atoms with van der Waals surface area (Å²) in [6.45, 7) is 0. The molecule has 0 saturated carbocycles. The maximum Gasteiger partial charge on any atom is 0.271 e. The molecule has 0 spiro atoms. The van der Waals surface area contributed by atoms with Gasteiger partial charge in [-0.15, -0.1) is 0 Å². The van der Waals surface area contributed by atoms with Crippen molar-refractivity contribution in [3.63, 3.8) is 0 Å². The molecule has 0 aliphatic heterocycles. The second-order valence-corrected chi connectivity index (χ2v) is 4.58. The number of benzene rings is 2. The Kier molecular flexibility index (Phi) is 3.45. The Morgan fingerprint density at radius 2 is 2.09 bits per heavy atom. The molecule has 0 unspecified atom stereocenters. The highest BCUT2D eigenvalue weighted by molar-refractivity contribution is 5.97. The van der Waals surface area contributed by atoms with Gasteiger partial charge in [0.2, 0.25) is 0 Å². The van der Waals surface area contributed by atoms with Gasteiger partial charge in [0, 0.05) is 17.2 Å². The first-order valence-electron chi connectivity index (χ1n) is 6.42. The summed E-state index contributed by atoms with van der Waals surface area (Å²) in [5.41, 5.74) is 4.71. The molecule has 1 heterocycles. The molecule has 0 bridgehead atoms. The number of hydrogen-bond donors (Lipinski definition) is 4. The number of aromatic nitrogens is 2. The predicted octanol–water partition coefficient (Wildman–Crippen LogP) is 1.74. The van der Waals surface area contributed by atoms with Gasteiger partial charge in [-0.1, -0.05) is 0 Å². The van der Waals surface area contributed by atoms with Crippen molar-refractivity contribution in [1.29, 1.82) is 0 Å². The number of amides is 1. The Balaban J connectivity index is 1.72. The zero-order chi connectivity index (χ0) is 15.5. The molecule has 0 atom stereocenters. The molecule has 110 valence electrons. The average Bonchev–Trinajstić information content (AvgIpc) is 2.96. The van der Waals surface area contributed by atoms with Crippen LogP contribution in [0.3, 0.4) is 0 Å². The summed E-state index contributed by atoms with van der Waals surface area (Å²) in [6, 6.07) is 9.13. The summed E-state index contributed by atoms with van der Waals surface area (Å²) in [5.74, 6) is -0.561. The first kappa shape index (κ1) is 13.6. The molecule has 1 amide bonds. The zero-order valence-electron chi connectivity index (χ0n) is 11.3. The van der Waals surface area contributed by atoms with Gasteiger partial charge >= 0.3 is 0 Å². The number of hydrazone groups is 1. The third-order valence-corrected chi connectivity index (χ3v) is 3.07. The number of nitrogens with one attached hydrogen (secondary N) is 2. The van der Waals surface area contributed by atoms with Gasteiger partial charge in [-0.3, -0.25) is 4.79 Å². The van der Waals surface area contributed by atoms with E-state index in [4.69, 9.17) is 0 Å². The lowest BCUT2D eigenvalue weighted by Gasteiger charge is -2.01. The fourth-order valence-corrected chi connectivity index (χ4v) is 1.94. The number of carbonyl (C=O) groups is 1. The van der Waals surface area contributed by atoms with Gasteiger partial charge in [0.15, 0.2) is 0 Å². The van der Waals surface area contributed by atoms with Crippen LogP contribution in [0.25, 0.3) is 11.0 Å². The topological polar surface area (TPSA) is 111 Å². The van der Waals surface area contributed by atoms with E-state index in [2.05, 4.69) is 20.5 Å². The monoisotopic (exact) mass is 296 g/mol. The number of imidazole rings is 1. The Morgan fingerprint density at radius 1 is 1.23 bits per heavy atom. The van der Waals surface area contributed by atoms with Crippen molar-refractivity contribution in [1.82, 2.24) is 15.4 Å². The molecule has 0 radical (unpaired) electrons. The standard InChI is InChI=1S/C15H12N4O3/c20-11-3-1-10(14(21)6-11)7-18-19-15(22)9-2-4-12-13(5-9)17-8-16-12/h1-8,20-21H,(H,16,17)(H,19,22). The lowest BCUT2D eigenvalue weighted by atomic mass is 10.2. The lowest BCUT2D eigenvalue weighted by Crippen LogP contribution is -2.17. The smallest absolute Gasteiger partial charge is 0.271 e. The number of fused-ring (bicyclic) bond motifs is 1. The van der Waals surface area contributed by atoms with Crippen LogP contribution in [-0.4, -0.2) is 32.3 Å². The SMILES string of the molecule is O=C(NN=Cc1ccc(O)cc1O)c1ccc2nc[nH]c2c1. The van der Waals surface area contributed by atoms with Crippen LogP contribution in [0.1, 0.15) is 15.9 Å². The molecule has 0 fully saturated rings. The number of H-pyrrole nitrogens is 1. The van der Waals surface area contributed by atoms with Crippen molar-refractivity contribution in [2.45, 2.75) is 0 Å². The molecular weight excluding hydrogens is 284 g/mol. The highest BCUT2D eigenvalue weighted by Crippen LogP contribution is 2.20. The van der Waals surface area contributed by atoms with E-state index >= 15 is 0 Å².